The van der Waals surface area contributed by atoms with Gasteiger partial charge in [-0.1, -0.05) is 36.4 Å². The van der Waals surface area contributed by atoms with E-state index in [4.69, 9.17) is 9.47 Å². The zero-order valence-corrected chi connectivity index (χ0v) is 19.3. The molecule has 2 aromatic carbocycles. The molecule has 1 saturated heterocycles. The summed E-state index contributed by atoms with van der Waals surface area (Å²) in [6, 6.07) is 16.7. The maximum absolute atomic E-state index is 12.9. The summed E-state index contributed by atoms with van der Waals surface area (Å²) in [5, 5.41) is 0. The van der Waals surface area contributed by atoms with Gasteiger partial charge in [0.15, 0.2) is 0 Å². The Kier molecular flexibility index (Phi) is 7.12. The lowest BCUT2D eigenvalue weighted by Crippen LogP contribution is -2.36. The van der Waals surface area contributed by atoms with Crippen LogP contribution in [0, 0.1) is 0 Å². The van der Waals surface area contributed by atoms with E-state index < -0.39 is 0 Å². The van der Waals surface area contributed by atoms with Crippen molar-refractivity contribution in [3.05, 3.63) is 89.5 Å². The largest absolute Gasteiger partial charge is 0.491 e. The molecule has 176 valence electrons. The van der Waals surface area contributed by atoms with Crippen molar-refractivity contribution < 1.29 is 14.3 Å². The highest BCUT2D eigenvalue weighted by Gasteiger charge is 2.23. The van der Waals surface area contributed by atoms with Gasteiger partial charge in [-0.25, -0.2) is 4.98 Å². The van der Waals surface area contributed by atoms with Gasteiger partial charge < -0.3 is 14.4 Å². The number of aromatic nitrogens is 2. The molecule has 0 aliphatic carbocycles. The molecule has 2 aliphatic rings. The van der Waals surface area contributed by atoms with Gasteiger partial charge in [-0.15, -0.1) is 0 Å². The second-order valence-electron chi connectivity index (χ2n) is 8.88. The summed E-state index contributed by atoms with van der Waals surface area (Å²) in [7, 11) is 0. The molecule has 0 saturated carbocycles. The number of benzene rings is 2. The first kappa shape index (κ1) is 22.5. The summed E-state index contributed by atoms with van der Waals surface area (Å²) in [6.07, 6.45) is 7.03. The van der Waals surface area contributed by atoms with E-state index in [0.717, 1.165) is 43.8 Å². The standard InChI is InChI=1S/C27H30N4O3/c32-27(25-17-28-10-11-29-25)31-14-15-33-26-7-6-22(16-23(26)19-31)18-30-12-8-24(9-13-30)34-20-21-4-2-1-3-5-21/h1-7,10-11,16-17,24H,8-9,12-15,18-20H2. The van der Waals surface area contributed by atoms with Crippen molar-refractivity contribution in [2.45, 2.75) is 38.6 Å². The van der Waals surface area contributed by atoms with Crippen molar-refractivity contribution in [3.63, 3.8) is 0 Å². The van der Waals surface area contributed by atoms with Gasteiger partial charge in [-0.2, -0.15) is 0 Å². The molecular weight excluding hydrogens is 428 g/mol. The molecule has 0 atom stereocenters. The average Bonchev–Trinajstić information content (AvgIpc) is 3.11. The minimum atomic E-state index is -0.118. The molecule has 34 heavy (non-hydrogen) atoms. The van der Waals surface area contributed by atoms with Crippen molar-refractivity contribution in [1.29, 1.82) is 0 Å². The van der Waals surface area contributed by atoms with Gasteiger partial charge in [0.25, 0.3) is 5.91 Å². The fourth-order valence-electron chi connectivity index (χ4n) is 4.57. The van der Waals surface area contributed by atoms with Crippen LogP contribution in [0.15, 0.2) is 67.1 Å². The summed E-state index contributed by atoms with van der Waals surface area (Å²) in [5.74, 6) is 0.735. The number of hydrogen-bond acceptors (Lipinski definition) is 6. The first-order valence-electron chi connectivity index (χ1n) is 11.9. The van der Waals surface area contributed by atoms with Gasteiger partial charge in [-0.3, -0.25) is 14.7 Å². The summed E-state index contributed by atoms with van der Waals surface area (Å²) in [4.78, 5) is 25.3. The monoisotopic (exact) mass is 458 g/mol. The highest BCUT2D eigenvalue weighted by molar-refractivity contribution is 5.92. The third-order valence-electron chi connectivity index (χ3n) is 6.44. The van der Waals surface area contributed by atoms with E-state index >= 15 is 0 Å². The molecule has 7 heteroatoms. The van der Waals surface area contributed by atoms with Crippen LogP contribution in [0.5, 0.6) is 5.75 Å². The van der Waals surface area contributed by atoms with Crippen LogP contribution >= 0.6 is 0 Å². The third-order valence-corrected chi connectivity index (χ3v) is 6.44. The molecule has 5 rings (SSSR count). The van der Waals surface area contributed by atoms with Crippen LogP contribution in [0.1, 0.15) is 40.0 Å². The quantitative estimate of drug-likeness (QED) is 0.561. The fraction of sp³-hybridized carbons (Fsp3) is 0.370. The Labute approximate surface area is 200 Å². The number of fused-ring (bicyclic) bond motifs is 1. The second-order valence-corrected chi connectivity index (χ2v) is 8.88. The number of likely N-dealkylation sites (tertiary alicyclic amines) is 1. The number of ether oxygens (including phenoxy) is 2. The molecular formula is C27H30N4O3. The van der Waals surface area contributed by atoms with Crippen molar-refractivity contribution >= 4 is 5.91 Å². The van der Waals surface area contributed by atoms with Crippen LogP contribution < -0.4 is 4.74 Å². The first-order chi connectivity index (χ1) is 16.7. The fourth-order valence-corrected chi connectivity index (χ4v) is 4.57. The summed E-state index contributed by atoms with van der Waals surface area (Å²) in [6.45, 7) is 5.10. The normalized spacial score (nSPS) is 17.0. The molecule has 3 heterocycles. The highest BCUT2D eigenvalue weighted by Crippen LogP contribution is 2.26. The number of carbonyl (C=O) groups is 1. The lowest BCUT2D eigenvalue weighted by molar-refractivity contribution is -0.00394. The number of carbonyl (C=O) groups excluding carboxylic acids is 1. The molecule has 0 unspecified atom stereocenters. The van der Waals surface area contributed by atoms with Gasteiger partial charge in [0.05, 0.1) is 25.5 Å². The van der Waals surface area contributed by atoms with E-state index in [9.17, 15) is 4.79 Å². The smallest absolute Gasteiger partial charge is 0.274 e. The zero-order chi connectivity index (χ0) is 23.2. The number of nitrogens with zero attached hydrogens (tertiary/aromatic N) is 4. The Morgan fingerprint density at radius 3 is 2.68 bits per heavy atom. The lowest BCUT2D eigenvalue weighted by Gasteiger charge is -2.32. The maximum Gasteiger partial charge on any atom is 0.274 e. The molecule has 3 aromatic rings. The Hall–Kier alpha value is -3.29. The number of rotatable bonds is 6. The number of amides is 1. The SMILES string of the molecule is O=C(c1cnccn1)N1CCOc2ccc(CN3CCC(OCc4ccccc4)CC3)cc2C1. The topological polar surface area (TPSA) is 67.8 Å². The maximum atomic E-state index is 12.9. The van der Waals surface area contributed by atoms with E-state index in [1.54, 1.807) is 17.3 Å². The molecule has 0 radical (unpaired) electrons. The minimum Gasteiger partial charge on any atom is -0.491 e. The molecule has 1 aromatic heterocycles. The molecule has 0 spiro atoms. The van der Waals surface area contributed by atoms with Gasteiger partial charge in [0, 0.05) is 44.1 Å². The summed E-state index contributed by atoms with van der Waals surface area (Å²) >= 11 is 0. The van der Waals surface area contributed by atoms with Crippen molar-refractivity contribution in [2.75, 3.05) is 26.2 Å². The van der Waals surface area contributed by atoms with Crippen molar-refractivity contribution in [3.8, 4) is 5.75 Å². The Morgan fingerprint density at radius 2 is 1.88 bits per heavy atom. The van der Waals surface area contributed by atoms with Crippen LogP contribution in [-0.4, -0.2) is 58.0 Å². The predicted molar refractivity (Wildman–Crippen MR) is 128 cm³/mol. The average molecular weight is 459 g/mol. The molecule has 1 fully saturated rings. The van der Waals surface area contributed by atoms with Crippen LogP contribution in [0.3, 0.4) is 0 Å². The second kappa shape index (κ2) is 10.8. The van der Waals surface area contributed by atoms with Gasteiger partial charge in [-0.05, 0) is 36.1 Å². The van der Waals surface area contributed by atoms with E-state index in [1.807, 2.05) is 12.1 Å². The first-order valence-corrected chi connectivity index (χ1v) is 11.9. The van der Waals surface area contributed by atoms with Crippen LogP contribution in [0.2, 0.25) is 0 Å². The Bertz CT molecular complexity index is 1090. The zero-order valence-electron chi connectivity index (χ0n) is 19.3. The Morgan fingerprint density at radius 1 is 1.03 bits per heavy atom. The van der Waals surface area contributed by atoms with E-state index in [0.29, 0.717) is 38.1 Å². The molecule has 0 N–H and O–H groups in total. The van der Waals surface area contributed by atoms with Gasteiger partial charge in [0.1, 0.15) is 18.1 Å². The highest BCUT2D eigenvalue weighted by atomic mass is 16.5. The summed E-state index contributed by atoms with van der Waals surface area (Å²) < 4.78 is 12.1. The van der Waals surface area contributed by atoms with Gasteiger partial charge in [0.2, 0.25) is 0 Å². The lowest BCUT2D eigenvalue weighted by atomic mass is 10.0. The molecule has 1 amide bonds. The Balaban J connectivity index is 1.16. The number of piperidine rings is 1. The van der Waals surface area contributed by atoms with Crippen LogP contribution in [0.4, 0.5) is 0 Å². The van der Waals surface area contributed by atoms with Gasteiger partial charge >= 0.3 is 0 Å². The molecule has 2 aliphatic heterocycles. The van der Waals surface area contributed by atoms with Crippen LogP contribution in [0.25, 0.3) is 0 Å². The molecule has 7 nitrogen and oxygen atoms in total. The van der Waals surface area contributed by atoms with E-state index in [2.05, 4.69) is 51.3 Å². The molecule has 0 bridgehead atoms. The number of hydrogen-bond donors (Lipinski definition) is 0. The minimum absolute atomic E-state index is 0.118. The van der Waals surface area contributed by atoms with Crippen molar-refractivity contribution in [1.82, 2.24) is 19.8 Å². The van der Waals surface area contributed by atoms with E-state index in [-0.39, 0.29) is 5.91 Å². The third kappa shape index (κ3) is 5.61. The van der Waals surface area contributed by atoms with E-state index in [1.165, 1.54) is 17.3 Å². The van der Waals surface area contributed by atoms with Crippen LogP contribution in [-0.2, 0) is 24.4 Å². The predicted octanol–water partition coefficient (Wildman–Crippen LogP) is 3.69. The summed E-state index contributed by atoms with van der Waals surface area (Å²) in [5.41, 5.74) is 3.86. The van der Waals surface area contributed by atoms with Crippen molar-refractivity contribution in [2.24, 2.45) is 0 Å².